The van der Waals surface area contributed by atoms with Crippen molar-refractivity contribution in [2.45, 2.75) is 53.0 Å². The lowest BCUT2D eigenvalue weighted by atomic mass is 9.93. The van der Waals surface area contributed by atoms with Gasteiger partial charge < -0.3 is 24.2 Å². The molecule has 1 aliphatic heterocycles. The van der Waals surface area contributed by atoms with Crippen LogP contribution < -0.4 is 9.47 Å². The molecular formula is C29H37N3O5. The summed E-state index contributed by atoms with van der Waals surface area (Å²) in [6.07, 6.45) is 2.69. The number of rotatable bonds is 12. The van der Waals surface area contributed by atoms with E-state index in [9.17, 15) is 9.90 Å². The van der Waals surface area contributed by atoms with Crippen molar-refractivity contribution in [2.75, 3.05) is 33.5 Å². The van der Waals surface area contributed by atoms with Gasteiger partial charge in [-0.15, -0.1) is 0 Å². The summed E-state index contributed by atoms with van der Waals surface area (Å²) in [7, 11) is 1.66. The molecule has 8 nitrogen and oxygen atoms in total. The Kier molecular flexibility index (Phi) is 8.38. The number of carbonyl (C=O) groups excluding carboxylic acids is 1. The van der Waals surface area contributed by atoms with Crippen LogP contribution >= 0.6 is 0 Å². The lowest BCUT2D eigenvalue weighted by Crippen LogP contribution is -2.31. The van der Waals surface area contributed by atoms with Crippen molar-refractivity contribution in [2.24, 2.45) is 0 Å². The molecule has 0 saturated heterocycles. The van der Waals surface area contributed by atoms with Gasteiger partial charge in [0.25, 0.3) is 5.91 Å². The molecule has 0 radical (unpaired) electrons. The van der Waals surface area contributed by atoms with E-state index in [1.807, 2.05) is 49.9 Å². The van der Waals surface area contributed by atoms with Crippen LogP contribution in [0.1, 0.15) is 71.9 Å². The van der Waals surface area contributed by atoms with Crippen LogP contribution in [0.5, 0.6) is 17.2 Å². The van der Waals surface area contributed by atoms with Gasteiger partial charge in [-0.2, -0.15) is 5.10 Å². The summed E-state index contributed by atoms with van der Waals surface area (Å²) in [4.78, 5) is 15.4. The molecule has 2 N–H and O–H groups in total. The predicted molar refractivity (Wildman–Crippen MR) is 143 cm³/mol. The number of hydrogen-bond acceptors (Lipinski definition) is 6. The second-order valence-corrected chi connectivity index (χ2v) is 9.43. The van der Waals surface area contributed by atoms with Crippen molar-refractivity contribution in [1.82, 2.24) is 15.1 Å². The Morgan fingerprint density at radius 3 is 2.57 bits per heavy atom. The number of nitrogens with one attached hydrogen (secondary N) is 1. The van der Waals surface area contributed by atoms with Crippen LogP contribution in [0.3, 0.4) is 0 Å². The number of H-pyrrole nitrogens is 1. The number of methoxy groups -OCH3 is 1. The van der Waals surface area contributed by atoms with Gasteiger partial charge in [0.2, 0.25) is 0 Å². The van der Waals surface area contributed by atoms with Crippen LogP contribution in [0.4, 0.5) is 0 Å². The normalized spacial score (nSPS) is 14.8. The Morgan fingerprint density at radius 2 is 1.86 bits per heavy atom. The highest BCUT2D eigenvalue weighted by Gasteiger charge is 2.42. The van der Waals surface area contributed by atoms with Gasteiger partial charge in [0.1, 0.15) is 17.1 Å². The third kappa shape index (κ3) is 5.30. The minimum atomic E-state index is -0.405. The SMILES string of the molecule is CCCCOc1ccc(C2c3c(-c4c(C)cc(C)cc4O)n[nH]c3C(=O)N2CCCOC)cc1OCC. The number of phenolic OH excluding ortho intramolecular Hbond substituents is 1. The number of amides is 1. The molecule has 1 amide bonds. The highest BCUT2D eigenvalue weighted by molar-refractivity contribution is 6.00. The number of phenols is 1. The van der Waals surface area contributed by atoms with Crippen molar-refractivity contribution in [1.29, 1.82) is 0 Å². The minimum Gasteiger partial charge on any atom is -0.507 e. The van der Waals surface area contributed by atoms with Crippen molar-refractivity contribution in [3.8, 4) is 28.5 Å². The molecule has 1 aromatic heterocycles. The number of aromatic amines is 1. The fraction of sp³-hybridized carbons (Fsp3) is 0.448. The maximum absolute atomic E-state index is 13.6. The third-order valence-corrected chi connectivity index (χ3v) is 6.65. The average molecular weight is 508 g/mol. The molecule has 0 aliphatic carbocycles. The van der Waals surface area contributed by atoms with Crippen LogP contribution in [0.15, 0.2) is 30.3 Å². The summed E-state index contributed by atoms with van der Waals surface area (Å²) in [6.45, 7) is 10.1. The highest BCUT2D eigenvalue weighted by atomic mass is 16.5. The first-order valence-corrected chi connectivity index (χ1v) is 13.0. The molecule has 4 rings (SSSR count). The maximum atomic E-state index is 13.6. The van der Waals surface area contributed by atoms with E-state index in [2.05, 4.69) is 17.1 Å². The van der Waals surface area contributed by atoms with E-state index >= 15 is 0 Å². The van der Waals surface area contributed by atoms with E-state index in [0.717, 1.165) is 35.1 Å². The summed E-state index contributed by atoms with van der Waals surface area (Å²) in [5.74, 6) is 1.35. The number of ether oxygens (including phenoxy) is 3. The number of benzene rings is 2. The summed E-state index contributed by atoms with van der Waals surface area (Å²) in [5.41, 5.74) is 5.15. The van der Waals surface area contributed by atoms with E-state index in [1.54, 1.807) is 13.2 Å². The number of unbranched alkanes of at least 4 members (excludes halogenated alkanes) is 1. The number of aromatic nitrogens is 2. The Labute approximate surface area is 218 Å². The van der Waals surface area contributed by atoms with Gasteiger partial charge in [0.05, 0.1) is 19.3 Å². The van der Waals surface area contributed by atoms with Crippen LogP contribution in [0.2, 0.25) is 0 Å². The topological polar surface area (TPSA) is 96.9 Å². The van der Waals surface area contributed by atoms with Crippen LogP contribution in [0.25, 0.3) is 11.3 Å². The average Bonchev–Trinajstić information content (AvgIpc) is 3.39. The van der Waals surface area contributed by atoms with Gasteiger partial charge >= 0.3 is 0 Å². The molecule has 198 valence electrons. The quantitative estimate of drug-likeness (QED) is 0.312. The lowest BCUT2D eigenvalue weighted by Gasteiger charge is -2.27. The first-order chi connectivity index (χ1) is 17.9. The summed E-state index contributed by atoms with van der Waals surface area (Å²) in [5, 5.41) is 18.4. The zero-order chi connectivity index (χ0) is 26.5. The van der Waals surface area contributed by atoms with Gasteiger partial charge in [-0.1, -0.05) is 25.5 Å². The number of carbonyl (C=O) groups is 1. The van der Waals surface area contributed by atoms with Gasteiger partial charge in [0.15, 0.2) is 11.5 Å². The molecule has 37 heavy (non-hydrogen) atoms. The maximum Gasteiger partial charge on any atom is 0.273 e. The molecule has 0 saturated carbocycles. The minimum absolute atomic E-state index is 0.125. The molecule has 2 aromatic carbocycles. The fourth-order valence-corrected chi connectivity index (χ4v) is 5.01. The first kappa shape index (κ1) is 26.5. The van der Waals surface area contributed by atoms with E-state index in [1.165, 1.54) is 0 Å². The van der Waals surface area contributed by atoms with Gasteiger partial charge in [-0.05, 0) is 68.5 Å². The standard InChI is InChI=1S/C29H37N3O5/c1-6-8-14-37-22-11-10-20(17-23(22)36-7-2)28-25-26(24-19(4)15-18(3)16-21(24)33)30-31-27(25)29(34)32(28)12-9-13-35-5/h10-11,15-17,28,33H,6-9,12-14H2,1-5H3,(H,30,31). The molecule has 1 aliphatic rings. The summed E-state index contributed by atoms with van der Waals surface area (Å²) >= 11 is 0. The molecule has 1 atom stereocenters. The lowest BCUT2D eigenvalue weighted by molar-refractivity contribution is 0.0723. The molecule has 3 aromatic rings. The van der Waals surface area contributed by atoms with Crippen LogP contribution in [-0.4, -0.2) is 59.6 Å². The molecule has 1 unspecified atom stereocenters. The first-order valence-electron chi connectivity index (χ1n) is 13.0. The largest absolute Gasteiger partial charge is 0.507 e. The highest BCUT2D eigenvalue weighted by Crippen LogP contribution is 2.46. The van der Waals surface area contributed by atoms with Crippen molar-refractivity contribution < 1.29 is 24.1 Å². The van der Waals surface area contributed by atoms with Crippen LogP contribution in [-0.2, 0) is 4.74 Å². The van der Waals surface area contributed by atoms with Crippen molar-refractivity contribution >= 4 is 5.91 Å². The molecule has 2 heterocycles. The van der Waals surface area contributed by atoms with Crippen LogP contribution in [0, 0.1) is 13.8 Å². The Hall–Kier alpha value is -3.52. The fourth-order valence-electron chi connectivity index (χ4n) is 5.01. The number of aryl methyl sites for hydroxylation is 2. The van der Waals surface area contributed by atoms with E-state index < -0.39 is 6.04 Å². The molecular weight excluding hydrogens is 470 g/mol. The second-order valence-electron chi connectivity index (χ2n) is 9.43. The molecule has 0 spiro atoms. The number of nitrogens with zero attached hydrogens (tertiary/aromatic N) is 2. The molecule has 0 bridgehead atoms. The number of hydrogen-bond donors (Lipinski definition) is 2. The van der Waals surface area contributed by atoms with Gasteiger partial charge in [0, 0.05) is 31.4 Å². The van der Waals surface area contributed by atoms with E-state index in [-0.39, 0.29) is 11.7 Å². The molecule has 0 fully saturated rings. The Bertz CT molecular complexity index is 1230. The van der Waals surface area contributed by atoms with Gasteiger partial charge in [-0.3, -0.25) is 9.89 Å². The zero-order valence-corrected chi connectivity index (χ0v) is 22.4. The number of fused-ring (bicyclic) bond motifs is 1. The summed E-state index contributed by atoms with van der Waals surface area (Å²) in [6, 6.07) is 9.19. The van der Waals surface area contributed by atoms with Crippen molar-refractivity contribution in [3.05, 3.63) is 58.3 Å². The second kappa shape index (κ2) is 11.7. The van der Waals surface area contributed by atoms with Gasteiger partial charge in [-0.25, -0.2) is 0 Å². The summed E-state index contributed by atoms with van der Waals surface area (Å²) < 4.78 is 17.2. The molecule has 8 heteroatoms. The smallest absolute Gasteiger partial charge is 0.273 e. The number of aromatic hydroxyl groups is 1. The predicted octanol–water partition coefficient (Wildman–Crippen LogP) is 5.56. The van der Waals surface area contributed by atoms with E-state index in [4.69, 9.17) is 14.2 Å². The Balaban J connectivity index is 1.83. The third-order valence-electron chi connectivity index (χ3n) is 6.65. The zero-order valence-electron chi connectivity index (χ0n) is 22.4. The Morgan fingerprint density at radius 1 is 1.05 bits per heavy atom. The monoisotopic (exact) mass is 507 g/mol. The van der Waals surface area contributed by atoms with E-state index in [0.29, 0.717) is 61.2 Å². The van der Waals surface area contributed by atoms with Crippen molar-refractivity contribution in [3.63, 3.8) is 0 Å².